The van der Waals surface area contributed by atoms with Crippen LogP contribution in [0.2, 0.25) is 0 Å². The second-order valence-electron chi connectivity index (χ2n) is 5.30. The van der Waals surface area contributed by atoms with Gasteiger partial charge in [0.05, 0.1) is 13.2 Å². The SMILES string of the molecule is C=CCC(CCCCC)(C(=O)OCCC)C(=O)OCCC. The van der Waals surface area contributed by atoms with Gasteiger partial charge in [-0.3, -0.25) is 9.59 Å². The number of hydrogen-bond donors (Lipinski definition) is 0. The zero-order valence-electron chi connectivity index (χ0n) is 13.8. The van der Waals surface area contributed by atoms with Crippen molar-refractivity contribution in [3.63, 3.8) is 0 Å². The molecule has 0 fully saturated rings. The summed E-state index contributed by atoms with van der Waals surface area (Å²) in [6.07, 6.45) is 6.59. The highest BCUT2D eigenvalue weighted by molar-refractivity contribution is 6.00. The highest BCUT2D eigenvalue weighted by Crippen LogP contribution is 2.33. The van der Waals surface area contributed by atoms with Crippen LogP contribution >= 0.6 is 0 Å². The van der Waals surface area contributed by atoms with E-state index in [1.165, 1.54) is 0 Å². The zero-order chi connectivity index (χ0) is 16.1. The van der Waals surface area contributed by atoms with Crippen LogP contribution in [0.15, 0.2) is 12.7 Å². The molecule has 21 heavy (non-hydrogen) atoms. The Kier molecular flexibility index (Phi) is 10.6. The molecular weight excluding hydrogens is 268 g/mol. The molecule has 0 saturated heterocycles. The number of unbranched alkanes of at least 4 members (excludes halogenated alkanes) is 2. The van der Waals surface area contributed by atoms with Gasteiger partial charge in [-0.25, -0.2) is 0 Å². The van der Waals surface area contributed by atoms with Crippen molar-refractivity contribution in [1.29, 1.82) is 0 Å². The molecule has 0 N–H and O–H groups in total. The summed E-state index contributed by atoms with van der Waals surface area (Å²) in [4.78, 5) is 24.9. The van der Waals surface area contributed by atoms with E-state index in [4.69, 9.17) is 9.47 Å². The molecule has 0 aromatic heterocycles. The average molecular weight is 298 g/mol. The summed E-state index contributed by atoms with van der Waals surface area (Å²) >= 11 is 0. The molecule has 0 amide bonds. The Hall–Kier alpha value is -1.32. The fraction of sp³-hybridized carbons (Fsp3) is 0.765. The van der Waals surface area contributed by atoms with Crippen molar-refractivity contribution in [2.75, 3.05) is 13.2 Å². The molecule has 122 valence electrons. The third kappa shape index (κ3) is 6.32. The minimum absolute atomic E-state index is 0.266. The third-order valence-electron chi connectivity index (χ3n) is 3.36. The van der Waals surface area contributed by atoms with Crippen LogP contribution in [0.4, 0.5) is 0 Å². The van der Waals surface area contributed by atoms with Gasteiger partial charge in [0, 0.05) is 0 Å². The first-order valence-electron chi connectivity index (χ1n) is 8.04. The van der Waals surface area contributed by atoms with E-state index in [1.807, 2.05) is 13.8 Å². The van der Waals surface area contributed by atoms with Crippen LogP contribution in [0, 0.1) is 5.41 Å². The summed E-state index contributed by atoms with van der Waals surface area (Å²) in [6.45, 7) is 10.3. The number of allylic oxidation sites excluding steroid dienone is 1. The number of hydrogen-bond acceptors (Lipinski definition) is 4. The Labute approximate surface area is 128 Å². The maximum absolute atomic E-state index is 12.4. The van der Waals surface area contributed by atoms with Gasteiger partial charge in [0.25, 0.3) is 0 Å². The van der Waals surface area contributed by atoms with Gasteiger partial charge in [0.2, 0.25) is 0 Å². The maximum atomic E-state index is 12.4. The predicted octanol–water partition coefficient (Wildman–Crippen LogP) is 4.04. The van der Waals surface area contributed by atoms with Gasteiger partial charge in [0.15, 0.2) is 5.41 Å². The largest absolute Gasteiger partial charge is 0.465 e. The van der Waals surface area contributed by atoms with Crippen LogP contribution in [0.1, 0.15) is 65.7 Å². The molecule has 0 aliphatic rings. The second-order valence-corrected chi connectivity index (χ2v) is 5.30. The van der Waals surface area contributed by atoms with Crippen molar-refractivity contribution < 1.29 is 19.1 Å². The summed E-state index contributed by atoms with van der Waals surface area (Å²) in [6, 6.07) is 0. The Morgan fingerprint density at radius 1 is 0.952 bits per heavy atom. The number of rotatable bonds is 12. The Balaban J connectivity index is 5.14. The van der Waals surface area contributed by atoms with Gasteiger partial charge in [-0.05, 0) is 25.7 Å². The van der Waals surface area contributed by atoms with E-state index in [-0.39, 0.29) is 6.42 Å². The zero-order valence-corrected chi connectivity index (χ0v) is 13.8. The van der Waals surface area contributed by atoms with E-state index in [0.29, 0.717) is 19.6 Å². The summed E-state index contributed by atoms with van der Waals surface area (Å²) in [5.41, 5.74) is -1.22. The topological polar surface area (TPSA) is 52.6 Å². The molecule has 0 aromatic rings. The van der Waals surface area contributed by atoms with E-state index in [1.54, 1.807) is 6.08 Å². The van der Waals surface area contributed by atoms with Crippen LogP contribution in [0.5, 0.6) is 0 Å². The van der Waals surface area contributed by atoms with E-state index >= 15 is 0 Å². The molecule has 0 spiro atoms. The molecule has 0 aromatic carbocycles. The van der Waals surface area contributed by atoms with Gasteiger partial charge in [-0.2, -0.15) is 0 Å². The van der Waals surface area contributed by atoms with E-state index in [0.717, 1.165) is 32.1 Å². The van der Waals surface area contributed by atoms with Crippen LogP contribution in [0.3, 0.4) is 0 Å². The summed E-state index contributed by atoms with van der Waals surface area (Å²) in [7, 11) is 0. The van der Waals surface area contributed by atoms with Crippen molar-refractivity contribution in [3.8, 4) is 0 Å². The monoisotopic (exact) mass is 298 g/mol. The average Bonchev–Trinajstić information content (AvgIpc) is 2.49. The molecule has 0 atom stereocenters. The van der Waals surface area contributed by atoms with Crippen LogP contribution in [-0.2, 0) is 19.1 Å². The van der Waals surface area contributed by atoms with Gasteiger partial charge in [-0.1, -0.05) is 46.1 Å². The summed E-state index contributed by atoms with van der Waals surface area (Å²) < 4.78 is 10.5. The predicted molar refractivity (Wildman–Crippen MR) is 83.9 cm³/mol. The first-order chi connectivity index (χ1) is 10.1. The normalized spacial score (nSPS) is 11.0. The van der Waals surface area contributed by atoms with Gasteiger partial charge in [-0.15, -0.1) is 6.58 Å². The van der Waals surface area contributed by atoms with Crippen LogP contribution in [0.25, 0.3) is 0 Å². The molecule has 0 aliphatic carbocycles. The quantitative estimate of drug-likeness (QED) is 0.236. The van der Waals surface area contributed by atoms with Crippen molar-refractivity contribution in [2.24, 2.45) is 5.41 Å². The summed E-state index contributed by atoms with van der Waals surface area (Å²) in [5, 5.41) is 0. The Morgan fingerprint density at radius 3 is 1.86 bits per heavy atom. The van der Waals surface area contributed by atoms with E-state index in [2.05, 4.69) is 13.5 Å². The molecular formula is C17H30O4. The molecule has 0 heterocycles. The number of ether oxygens (including phenoxy) is 2. The van der Waals surface area contributed by atoms with E-state index in [9.17, 15) is 9.59 Å². The van der Waals surface area contributed by atoms with E-state index < -0.39 is 17.4 Å². The Morgan fingerprint density at radius 2 is 1.48 bits per heavy atom. The van der Waals surface area contributed by atoms with Crippen molar-refractivity contribution in [3.05, 3.63) is 12.7 Å². The molecule has 0 bridgehead atoms. The lowest BCUT2D eigenvalue weighted by Crippen LogP contribution is -2.42. The fourth-order valence-corrected chi connectivity index (χ4v) is 2.15. The first-order valence-corrected chi connectivity index (χ1v) is 8.04. The minimum Gasteiger partial charge on any atom is -0.465 e. The van der Waals surface area contributed by atoms with Crippen molar-refractivity contribution in [2.45, 2.75) is 65.7 Å². The minimum atomic E-state index is -1.22. The highest BCUT2D eigenvalue weighted by atomic mass is 16.6. The molecule has 0 saturated carbocycles. The smallest absolute Gasteiger partial charge is 0.323 e. The van der Waals surface area contributed by atoms with Crippen molar-refractivity contribution >= 4 is 11.9 Å². The number of carbonyl (C=O) groups excluding carboxylic acids is 2. The standard InChI is InChI=1S/C17H30O4/c1-5-9-10-12-17(11-6-2,15(18)20-13-7-3)16(19)21-14-8-4/h6H,2,5,7-14H2,1,3-4H3. The highest BCUT2D eigenvalue weighted by Gasteiger charge is 2.47. The molecule has 4 heteroatoms. The lowest BCUT2D eigenvalue weighted by atomic mass is 9.79. The lowest BCUT2D eigenvalue weighted by Gasteiger charge is -2.28. The van der Waals surface area contributed by atoms with Gasteiger partial charge in [0.1, 0.15) is 0 Å². The lowest BCUT2D eigenvalue weighted by molar-refractivity contribution is -0.173. The summed E-state index contributed by atoms with van der Waals surface area (Å²) in [5.74, 6) is -0.942. The second kappa shape index (κ2) is 11.4. The maximum Gasteiger partial charge on any atom is 0.323 e. The Bertz CT molecular complexity index is 303. The molecule has 0 aliphatic heterocycles. The third-order valence-corrected chi connectivity index (χ3v) is 3.36. The first kappa shape index (κ1) is 19.7. The van der Waals surface area contributed by atoms with Crippen molar-refractivity contribution in [1.82, 2.24) is 0 Å². The molecule has 0 radical (unpaired) electrons. The number of carbonyl (C=O) groups is 2. The van der Waals surface area contributed by atoms with Gasteiger partial charge < -0.3 is 9.47 Å². The van der Waals surface area contributed by atoms with Gasteiger partial charge >= 0.3 is 11.9 Å². The van der Waals surface area contributed by atoms with Crippen LogP contribution < -0.4 is 0 Å². The molecule has 4 nitrogen and oxygen atoms in total. The number of esters is 2. The molecule has 0 rings (SSSR count). The fourth-order valence-electron chi connectivity index (χ4n) is 2.15. The van der Waals surface area contributed by atoms with Crippen LogP contribution in [-0.4, -0.2) is 25.2 Å². The molecule has 0 unspecified atom stereocenters.